The second-order valence-corrected chi connectivity index (χ2v) is 7.14. The Kier molecular flexibility index (Phi) is 5.95. The van der Waals surface area contributed by atoms with Gasteiger partial charge >= 0.3 is 0 Å². The lowest BCUT2D eigenvalue weighted by molar-refractivity contribution is 0.302. The molecule has 3 aromatic carbocycles. The highest BCUT2D eigenvalue weighted by atomic mass is 35.5. The molecule has 0 radical (unpaired) electrons. The van der Waals surface area contributed by atoms with E-state index in [4.69, 9.17) is 16.3 Å². The summed E-state index contributed by atoms with van der Waals surface area (Å²) < 4.78 is 6.15. The summed E-state index contributed by atoms with van der Waals surface area (Å²) in [6.07, 6.45) is 0. The third-order valence-corrected chi connectivity index (χ3v) is 4.37. The van der Waals surface area contributed by atoms with Crippen molar-refractivity contribution in [2.24, 2.45) is 5.92 Å². The summed E-state index contributed by atoms with van der Waals surface area (Å²) in [5, 5.41) is 6.75. The molecule has 1 N–H and O–H groups in total. The summed E-state index contributed by atoms with van der Waals surface area (Å²) in [7, 11) is 0. The van der Waals surface area contributed by atoms with Crippen molar-refractivity contribution >= 4 is 22.4 Å². The zero-order valence-electron chi connectivity index (χ0n) is 14.8. The Morgan fingerprint density at radius 3 is 2.64 bits per heavy atom. The van der Waals surface area contributed by atoms with E-state index in [1.54, 1.807) is 0 Å². The van der Waals surface area contributed by atoms with Crippen LogP contribution in [0.4, 0.5) is 0 Å². The molecule has 0 aliphatic carbocycles. The normalized spacial score (nSPS) is 11.2. The van der Waals surface area contributed by atoms with Gasteiger partial charge in [-0.15, -0.1) is 0 Å². The van der Waals surface area contributed by atoms with E-state index in [2.05, 4.69) is 55.6 Å². The second-order valence-electron chi connectivity index (χ2n) is 6.71. The fourth-order valence-electron chi connectivity index (χ4n) is 2.91. The van der Waals surface area contributed by atoms with Crippen LogP contribution in [0.2, 0.25) is 5.02 Å². The molecule has 0 amide bonds. The summed E-state index contributed by atoms with van der Waals surface area (Å²) >= 11 is 6.07. The van der Waals surface area contributed by atoms with Crippen molar-refractivity contribution in [1.29, 1.82) is 0 Å². The third-order valence-electron chi connectivity index (χ3n) is 4.14. The van der Waals surface area contributed by atoms with Gasteiger partial charge < -0.3 is 10.1 Å². The molecule has 0 spiro atoms. The Morgan fingerprint density at radius 2 is 1.84 bits per heavy atom. The van der Waals surface area contributed by atoms with Crippen molar-refractivity contribution in [3.63, 3.8) is 0 Å². The number of halogens is 1. The number of hydrogen-bond acceptors (Lipinski definition) is 2. The molecule has 0 heterocycles. The topological polar surface area (TPSA) is 21.3 Å². The first-order valence-corrected chi connectivity index (χ1v) is 9.10. The van der Waals surface area contributed by atoms with Crippen LogP contribution in [0, 0.1) is 5.92 Å². The molecule has 0 bridgehead atoms. The number of benzene rings is 3. The Balaban J connectivity index is 1.85. The van der Waals surface area contributed by atoms with E-state index in [1.165, 1.54) is 16.3 Å². The van der Waals surface area contributed by atoms with E-state index in [0.29, 0.717) is 12.5 Å². The highest BCUT2D eigenvalue weighted by molar-refractivity contribution is 6.30. The first-order valence-electron chi connectivity index (χ1n) is 8.72. The summed E-state index contributed by atoms with van der Waals surface area (Å²) in [4.78, 5) is 0. The quantitative estimate of drug-likeness (QED) is 0.578. The lowest BCUT2D eigenvalue weighted by Gasteiger charge is -2.16. The number of ether oxygens (including phenoxy) is 1. The molecule has 0 aliphatic rings. The van der Waals surface area contributed by atoms with Crippen LogP contribution in [0.3, 0.4) is 0 Å². The first kappa shape index (κ1) is 17.8. The van der Waals surface area contributed by atoms with E-state index in [0.717, 1.165) is 29.4 Å². The van der Waals surface area contributed by atoms with Crippen LogP contribution in [0.15, 0.2) is 60.7 Å². The van der Waals surface area contributed by atoms with E-state index in [-0.39, 0.29) is 0 Å². The minimum Gasteiger partial charge on any atom is -0.489 e. The standard InChI is InChI=1S/C22H24ClNO/c1-16(2)13-24-14-21-20-9-4-3-7-18(20)10-11-22(21)25-15-17-6-5-8-19(23)12-17/h3-12,16,24H,13-15H2,1-2H3. The summed E-state index contributed by atoms with van der Waals surface area (Å²) in [6, 6.07) is 20.4. The molecule has 0 aliphatic heterocycles. The summed E-state index contributed by atoms with van der Waals surface area (Å²) in [6.45, 7) is 6.72. The average molecular weight is 354 g/mol. The van der Waals surface area contributed by atoms with Gasteiger partial charge in [0.25, 0.3) is 0 Å². The predicted octanol–water partition coefficient (Wildman–Crippen LogP) is 5.82. The molecule has 2 nitrogen and oxygen atoms in total. The smallest absolute Gasteiger partial charge is 0.124 e. The van der Waals surface area contributed by atoms with Gasteiger partial charge in [-0.3, -0.25) is 0 Å². The number of rotatable bonds is 7. The van der Waals surface area contributed by atoms with Gasteiger partial charge in [0.15, 0.2) is 0 Å². The second kappa shape index (κ2) is 8.37. The number of nitrogens with one attached hydrogen (secondary N) is 1. The van der Waals surface area contributed by atoms with E-state index >= 15 is 0 Å². The fraction of sp³-hybridized carbons (Fsp3) is 0.273. The van der Waals surface area contributed by atoms with Crippen LogP contribution < -0.4 is 10.1 Å². The molecule has 130 valence electrons. The summed E-state index contributed by atoms with van der Waals surface area (Å²) in [5.74, 6) is 1.54. The molecule has 0 saturated carbocycles. The number of fused-ring (bicyclic) bond motifs is 1. The average Bonchev–Trinajstić information content (AvgIpc) is 2.60. The molecule has 25 heavy (non-hydrogen) atoms. The minimum atomic E-state index is 0.510. The van der Waals surface area contributed by atoms with Crippen LogP contribution in [0.1, 0.15) is 25.0 Å². The lowest BCUT2D eigenvalue weighted by Crippen LogP contribution is -2.19. The minimum absolute atomic E-state index is 0.510. The van der Waals surface area contributed by atoms with Crippen LogP contribution in [0.25, 0.3) is 10.8 Å². The molecule has 0 unspecified atom stereocenters. The molecule has 3 heteroatoms. The van der Waals surface area contributed by atoms with Gasteiger partial charge in [0, 0.05) is 17.1 Å². The maximum Gasteiger partial charge on any atom is 0.124 e. The molecular formula is C22H24ClNO. The molecule has 0 saturated heterocycles. The Morgan fingerprint density at radius 1 is 1.00 bits per heavy atom. The van der Waals surface area contributed by atoms with Crippen molar-refractivity contribution in [3.05, 3.63) is 76.8 Å². The molecular weight excluding hydrogens is 330 g/mol. The largest absolute Gasteiger partial charge is 0.489 e. The fourth-order valence-corrected chi connectivity index (χ4v) is 3.12. The third kappa shape index (κ3) is 4.75. The van der Waals surface area contributed by atoms with Gasteiger partial charge in [-0.1, -0.05) is 67.9 Å². The van der Waals surface area contributed by atoms with Gasteiger partial charge in [0.2, 0.25) is 0 Å². The predicted molar refractivity (Wildman–Crippen MR) is 106 cm³/mol. The van der Waals surface area contributed by atoms with Crippen molar-refractivity contribution in [2.75, 3.05) is 6.54 Å². The Hall–Kier alpha value is -2.03. The van der Waals surface area contributed by atoms with E-state index in [9.17, 15) is 0 Å². The van der Waals surface area contributed by atoms with Crippen LogP contribution in [-0.2, 0) is 13.2 Å². The molecule has 3 rings (SSSR count). The monoisotopic (exact) mass is 353 g/mol. The SMILES string of the molecule is CC(C)CNCc1c(OCc2cccc(Cl)c2)ccc2ccccc12. The van der Waals surface area contributed by atoms with Gasteiger partial charge in [-0.25, -0.2) is 0 Å². The maximum absolute atomic E-state index is 6.15. The maximum atomic E-state index is 6.15. The molecule has 0 fully saturated rings. The Labute approximate surface area is 154 Å². The van der Waals surface area contributed by atoms with Gasteiger partial charge in [0.05, 0.1) is 0 Å². The number of hydrogen-bond donors (Lipinski definition) is 1. The van der Waals surface area contributed by atoms with Crippen LogP contribution in [-0.4, -0.2) is 6.54 Å². The highest BCUT2D eigenvalue weighted by Gasteiger charge is 2.09. The van der Waals surface area contributed by atoms with E-state index < -0.39 is 0 Å². The lowest BCUT2D eigenvalue weighted by atomic mass is 10.0. The first-order chi connectivity index (χ1) is 12.1. The van der Waals surface area contributed by atoms with Gasteiger partial charge in [0.1, 0.15) is 12.4 Å². The van der Waals surface area contributed by atoms with Gasteiger partial charge in [-0.05, 0) is 47.0 Å². The van der Waals surface area contributed by atoms with Crippen molar-refractivity contribution < 1.29 is 4.74 Å². The van der Waals surface area contributed by atoms with Crippen LogP contribution in [0.5, 0.6) is 5.75 Å². The molecule has 0 aromatic heterocycles. The molecule has 3 aromatic rings. The zero-order valence-corrected chi connectivity index (χ0v) is 15.5. The Bertz CT molecular complexity index is 844. The molecule has 0 atom stereocenters. The zero-order chi connectivity index (χ0) is 17.6. The van der Waals surface area contributed by atoms with Crippen molar-refractivity contribution in [1.82, 2.24) is 5.32 Å². The van der Waals surface area contributed by atoms with E-state index in [1.807, 2.05) is 24.3 Å². The van der Waals surface area contributed by atoms with Gasteiger partial charge in [-0.2, -0.15) is 0 Å². The summed E-state index contributed by atoms with van der Waals surface area (Å²) in [5.41, 5.74) is 2.28. The van der Waals surface area contributed by atoms with Crippen molar-refractivity contribution in [2.45, 2.75) is 27.0 Å². The van der Waals surface area contributed by atoms with Crippen LogP contribution >= 0.6 is 11.6 Å². The van der Waals surface area contributed by atoms with Crippen molar-refractivity contribution in [3.8, 4) is 5.75 Å². The highest BCUT2D eigenvalue weighted by Crippen LogP contribution is 2.29.